The number of ketones is 1. The molecule has 0 heterocycles. The Kier molecular flexibility index (Phi) is 33.6. The number of hydrogen-bond acceptors (Lipinski definition) is 7. The highest BCUT2D eigenvalue weighted by molar-refractivity contribution is 5.87. The smallest absolute Gasteiger partial charge is 0.317 e. The molecule has 4 aliphatic carbocycles. The topological polar surface area (TPSA) is 130 Å². The molecule has 0 radical (unpaired) electrons. The number of aliphatic hydroxyl groups is 1. The second kappa shape index (κ2) is 37.2. The maximum absolute atomic E-state index is 13.4. The van der Waals surface area contributed by atoms with Gasteiger partial charge in [-0.25, -0.2) is 0 Å². The Labute approximate surface area is 418 Å². The largest absolute Gasteiger partial charge is 0.512 e. The number of carboxylic acids is 2. The van der Waals surface area contributed by atoms with Gasteiger partial charge in [0.2, 0.25) is 0 Å². The number of carbonyl (C=O) groups excluding carboxylic acids is 1. The minimum atomic E-state index is -0.819. The van der Waals surface area contributed by atoms with E-state index >= 15 is 0 Å². The summed E-state index contributed by atoms with van der Waals surface area (Å²) in [4.78, 5) is 39.5. The SMILES string of the molecule is CCC(C)CCN(CCC(CC)CC(=O)O)CC(=O)O.CCC(O)=C1CCC1.CCCN(CCC)C(CCC(NCCCCCCCCCCC(=C1CCC1)C(C)C)=C1CCC1)C(=O)C1CCC1. The molecule has 0 aromatic rings. The van der Waals surface area contributed by atoms with Gasteiger partial charge in [-0.1, -0.05) is 130 Å². The molecule has 4 saturated carbocycles. The lowest BCUT2D eigenvalue weighted by atomic mass is 9.78. The first-order valence-electron chi connectivity index (χ1n) is 28.8. The molecular weight excluding hydrogens is 847 g/mol. The summed E-state index contributed by atoms with van der Waals surface area (Å²) in [5, 5.41) is 30.7. The van der Waals surface area contributed by atoms with Crippen LogP contribution in [0.15, 0.2) is 33.7 Å². The highest BCUT2D eigenvalue weighted by Crippen LogP contribution is 2.35. The van der Waals surface area contributed by atoms with Crippen LogP contribution >= 0.6 is 0 Å². The molecule has 68 heavy (non-hydrogen) atoms. The zero-order valence-corrected chi connectivity index (χ0v) is 45.5. The van der Waals surface area contributed by atoms with Crippen molar-refractivity contribution in [2.24, 2.45) is 23.7 Å². The van der Waals surface area contributed by atoms with Crippen molar-refractivity contribution in [3.63, 3.8) is 0 Å². The van der Waals surface area contributed by atoms with Crippen LogP contribution in [-0.2, 0) is 14.4 Å². The average molecular weight is 955 g/mol. The van der Waals surface area contributed by atoms with Gasteiger partial charge in [-0.2, -0.15) is 0 Å². The summed E-state index contributed by atoms with van der Waals surface area (Å²) in [6, 6.07) is 0.134. The number of aliphatic carboxylic acids is 2. The standard InChI is InChI=1S/C37H66N2O.C15H29NO4.C7H12O/c1-5-28-39(29-6-2)36(37(40)33-22-17-23-33)26-25-35(32-20-16-21-32)38-27-14-12-10-8-7-9-11-13-24-34(30(3)4)31-18-15-19-31;1-4-12(3)6-8-16(11-15(19)20)9-7-13(5-2)10-14(17)18;1-2-7(8)6-4-3-5-6/h30,33,36,38H,5-29H2,1-4H3;12-13H,4-11H2,1-3H3,(H,17,18)(H,19,20);8H,2-5H2,1H3. The van der Waals surface area contributed by atoms with Crippen molar-refractivity contribution < 1.29 is 29.7 Å². The summed E-state index contributed by atoms with van der Waals surface area (Å²) in [7, 11) is 0. The van der Waals surface area contributed by atoms with Gasteiger partial charge in [-0.15, -0.1) is 0 Å². The minimum Gasteiger partial charge on any atom is -0.512 e. The summed E-state index contributed by atoms with van der Waals surface area (Å²) in [6.45, 7) is 22.3. The van der Waals surface area contributed by atoms with Gasteiger partial charge < -0.3 is 20.6 Å². The first-order valence-corrected chi connectivity index (χ1v) is 28.8. The van der Waals surface area contributed by atoms with Gasteiger partial charge in [0, 0.05) is 31.0 Å². The van der Waals surface area contributed by atoms with Gasteiger partial charge >= 0.3 is 11.9 Å². The third-order valence-corrected chi connectivity index (χ3v) is 15.8. The minimum absolute atomic E-state index is 0.0416. The monoisotopic (exact) mass is 954 g/mol. The molecule has 0 spiro atoms. The summed E-state index contributed by atoms with van der Waals surface area (Å²) < 4.78 is 0. The van der Waals surface area contributed by atoms with Crippen molar-refractivity contribution in [2.75, 3.05) is 39.3 Å². The van der Waals surface area contributed by atoms with Crippen LogP contribution in [0.2, 0.25) is 0 Å². The Morgan fingerprint density at radius 2 is 1.18 bits per heavy atom. The van der Waals surface area contributed by atoms with E-state index in [2.05, 4.69) is 51.8 Å². The molecule has 0 aromatic carbocycles. The van der Waals surface area contributed by atoms with Gasteiger partial charge in [0.05, 0.1) is 18.3 Å². The Bertz CT molecular complexity index is 1470. The van der Waals surface area contributed by atoms with Gasteiger partial charge in [0.25, 0.3) is 0 Å². The highest BCUT2D eigenvalue weighted by Gasteiger charge is 2.34. The van der Waals surface area contributed by atoms with Crippen molar-refractivity contribution in [3.8, 4) is 0 Å². The molecule has 0 amide bonds. The molecule has 4 aliphatic rings. The van der Waals surface area contributed by atoms with Crippen LogP contribution < -0.4 is 5.32 Å². The molecule has 3 unspecified atom stereocenters. The van der Waals surface area contributed by atoms with E-state index in [4.69, 9.17) is 15.3 Å². The molecule has 0 bridgehead atoms. The Morgan fingerprint density at radius 3 is 1.60 bits per heavy atom. The summed E-state index contributed by atoms with van der Waals surface area (Å²) in [5.41, 5.74) is 8.04. The predicted molar refractivity (Wildman–Crippen MR) is 286 cm³/mol. The first-order chi connectivity index (χ1) is 32.8. The van der Waals surface area contributed by atoms with Crippen molar-refractivity contribution in [2.45, 2.75) is 260 Å². The van der Waals surface area contributed by atoms with Crippen molar-refractivity contribution in [1.29, 1.82) is 0 Å². The van der Waals surface area contributed by atoms with Crippen LogP contribution in [0.1, 0.15) is 254 Å². The van der Waals surface area contributed by atoms with Crippen molar-refractivity contribution in [1.82, 2.24) is 15.1 Å². The highest BCUT2D eigenvalue weighted by atomic mass is 16.4. The summed E-state index contributed by atoms with van der Waals surface area (Å²) >= 11 is 0. The lowest BCUT2D eigenvalue weighted by Crippen LogP contribution is -2.46. The average Bonchev–Trinajstić information content (AvgIpc) is 3.22. The molecule has 9 heteroatoms. The number of allylic oxidation sites excluding steroid dienone is 6. The second-order valence-corrected chi connectivity index (χ2v) is 21.6. The molecule has 0 aliphatic heterocycles. The quantitative estimate of drug-likeness (QED) is 0.0275. The van der Waals surface area contributed by atoms with Crippen molar-refractivity contribution >= 4 is 17.7 Å². The number of Topliss-reactive ketones (excluding diaryl/α,β-unsaturated/α-hetero) is 1. The Morgan fingerprint density at radius 1 is 0.618 bits per heavy atom. The van der Waals surface area contributed by atoms with E-state index in [1.165, 1.54) is 120 Å². The van der Waals surface area contributed by atoms with Gasteiger partial charge in [-0.05, 0) is 178 Å². The Balaban J connectivity index is 0.000000467. The first kappa shape index (κ1) is 61.5. The number of aliphatic hydroxyl groups excluding tert-OH is 1. The second-order valence-electron chi connectivity index (χ2n) is 21.6. The molecule has 4 N–H and O–H groups in total. The normalized spacial score (nSPS) is 16.8. The Hall–Kier alpha value is -2.65. The molecule has 0 aromatic heterocycles. The molecule has 9 nitrogen and oxygen atoms in total. The number of nitrogens with zero attached hydrogens (tertiary/aromatic N) is 2. The van der Waals surface area contributed by atoms with Crippen LogP contribution in [-0.4, -0.2) is 88.2 Å². The lowest BCUT2D eigenvalue weighted by molar-refractivity contribution is -0.140. The fourth-order valence-electron chi connectivity index (χ4n) is 10.1. The fourth-order valence-corrected chi connectivity index (χ4v) is 10.1. The molecule has 3 atom stereocenters. The van der Waals surface area contributed by atoms with Crippen molar-refractivity contribution in [3.05, 3.63) is 33.7 Å². The number of carbonyl (C=O) groups is 3. The molecule has 0 saturated heterocycles. The third kappa shape index (κ3) is 25.5. The van der Waals surface area contributed by atoms with Gasteiger partial charge in [0.1, 0.15) is 0 Å². The molecule has 394 valence electrons. The van der Waals surface area contributed by atoms with E-state index in [1.807, 2.05) is 18.7 Å². The van der Waals surface area contributed by atoms with Crippen LogP contribution in [0.5, 0.6) is 0 Å². The maximum Gasteiger partial charge on any atom is 0.317 e. The summed E-state index contributed by atoms with van der Waals surface area (Å²) in [5.74, 6) is 1.42. The van der Waals surface area contributed by atoms with Crippen LogP contribution in [0.25, 0.3) is 0 Å². The zero-order chi connectivity index (χ0) is 50.1. The fraction of sp³-hybridized carbons (Fsp3) is 0.847. The van der Waals surface area contributed by atoms with Gasteiger partial charge in [-0.3, -0.25) is 24.2 Å². The number of nitrogens with one attached hydrogen (secondary N) is 1. The van der Waals surface area contributed by atoms with Crippen LogP contribution in [0, 0.1) is 23.7 Å². The number of unbranched alkanes of at least 4 members (excludes halogenated alkanes) is 7. The predicted octanol–water partition coefficient (Wildman–Crippen LogP) is 15.4. The van der Waals surface area contributed by atoms with E-state index in [1.54, 1.807) is 16.7 Å². The number of hydrogen-bond donors (Lipinski definition) is 4. The maximum atomic E-state index is 13.4. The van der Waals surface area contributed by atoms with E-state index in [0.717, 1.165) is 116 Å². The van der Waals surface area contributed by atoms with Gasteiger partial charge in [0.15, 0.2) is 5.78 Å². The van der Waals surface area contributed by atoms with E-state index in [0.29, 0.717) is 29.9 Å². The number of rotatable bonds is 36. The zero-order valence-electron chi connectivity index (χ0n) is 45.5. The third-order valence-electron chi connectivity index (χ3n) is 15.8. The van der Waals surface area contributed by atoms with Crippen LogP contribution in [0.3, 0.4) is 0 Å². The molecule has 4 fully saturated rings. The van der Waals surface area contributed by atoms with E-state index in [9.17, 15) is 14.4 Å². The molecular formula is C59H107N3O6. The molecule has 4 rings (SSSR count). The van der Waals surface area contributed by atoms with E-state index < -0.39 is 11.9 Å². The number of carboxylic acid groups (broad SMARTS) is 2. The van der Waals surface area contributed by atoms with Crippen LogP contribution in [0.4, 0.5) is 0 Å². The van der Waals surface area contributed by atoms with E-state index in [-0.39, 0.29) is 24.9 Å². The lowest BCUT2D eigenvalue weighted by Gasteiger charge is -2.36. The summed E-state index contributed by atoms with van der Waals surface area (Å²) in [6.07, 6.45) is 36.6.